The molecule has 0 aliphatic carbocycles. The molecule has 1 heterocycles. The zero-order chi connectivity index (χ0) is 26.8. The Morgan fingerprint density at radius 1 is 0.892 bits per heavy atom. The van der Waals surface area contributed by atoms with E-state index in [0.29, 0.717) is 12.1 Å². The van der Waals surface area contributed by atoms with Gasteiger partial charge in [0.25, 0.3) is 0 Å². The van der Waals surface area contributed by atoms with Crippen LogP contribution in [0.3, 0.4) is 0 Å². The number of nitrogens with one attached hydrogen (secondary N) is 1. The molecule has 0 atom stereocenters. The van der Waals surface area contributed by atoms with E-state index in [9.17, 15) is 18.3 Å². The summed E-state index contributed by atoms with van der Waals surface area (Å²) in [6.07, 6.45) is 11.6. The smallest absolute Gasteiger partial charge is 0.427 e. The highest BCUT2D eigenvalue weighted by molar-refractivity contribution is 7.89. The van der Waals surface area contributed by atoms with Crippen molar-refractivity contribution in [1.29, 1.82) is 0 Å². The SMILES string of the molecule is CCCCCCCCCCCCNS(=O)(=O)c1cc(Cl)c(-n2c(O)c(-c3ccccc3)oc2=O)c(Cl)c1. The van der Waals surface area contributed by atoms with E-state index in [0.717, 1.165) is 30.3 Å². The summed E-state index contributed by atoms with van der Waals surface area (Å²) < 4.78 is 34.2. The Morgan fingerprint density at radius 3 is 2.00 bits per heavy atom. The first-order chi connectivity index (χ1) is 17.8. The van der Waals surface area contributed by atoms with Gasteiger partial charge in [0.2, 0.25) is 21.7 Å². The molecular formula is C27H34Cl2N2O5S. The lowest BCUT2D eigenvalue weighted by Crippen LogP contribution is -2.25. The molecule has 0 fully saturated rings. The van der Waals surface area contributed by atoms with Gasteiger partial charge in [-0.1, -0.05) is 118 Å². The lowest BCUT2D eigenvalue weighted by Gasteiger charge is -2.12. The van der Waals surface area contributed by atoms with Gasteiger partial charge in [-0.3, -0.25) is 0 Å². The molecular weight excluding hydrogens is 535 g/mol. The number of hydrogen-bond acceptors (Lipinski definition) is 5. The predicted octanol–water partition coefficient (Wildman–Crippen LogP) is 7.31. The molecule has 0 radical (unpaired) electrons. The second-order valence-corrected chi connectivity index (χ2v) is 11.6. The average Bonchev–Trinajstić information content (AvgIpc) is 3.16. The number of halogens is 2. The zero-order valence-corrected chi connectivity index (χ0v) is 23.3. The number of rotatable bonds is 15. The lowest BCUT2D eigenvalue weighted by molar-refractivity contribution is 0.442. The third kappa shape index (κ3) is 7.87. The van der Waals surface area contributed by atoms with Crippen LogP contribution >= 0.6 is 23.2 Å². The summed E-state index contributed by atoms with van der Waals surface area (Å²) in [6, 6.07) is 11.0. The van der Waals surface area contributed by atoms with E-state index in [4.69, 9.17) is 27.6 Å². The van der Waals surface area contributed by atoms with Crippen molar-refractivity contribution in [2.75, 3.05) is 6.54 Å². The molecule has 3 rings (SSSR count). The van der Waals surface area contributed by atoms with Crippen molar-refractivity contribution in [2.45, 2.75) is 76.0 Å². The van der Waals surface area contributed by atoms with Crippen LogP contribution in [0, 0.1) is 0 Å². The van der Waals surface area contributed by atoms with Gasteiger partial charge in [-0.25, -0.2) is 22.5 Å². The zero-order valence-electron chi connectivity index (χ0n) is 21.0. The molecule has 37 heavy (non-hydrogen) atoms. The third-order valence-electron chi connectivity index (χ3n) is 6.17. The number of sulfonamides is 1. The van der Waals surface area contributed by atoms with Crippen LogP contribution in [0.2, 0.25) is 10.0 Å². The molecule has 0 spiro atoms. The maximum atomic E-state index is 12.8. The van der Waals surface area contributed by atoms with E-state index in [1.54, 1.807) is 30.3 Å². The third-order valence-corrected chi connectivity index (χ3v) is 8.19. The van der Waals surface area contributed by atoms with Crippen LogP contribution in [-0.2, 0) is 10.0 Å². The molecule has 0 unspecified atom stereocenters. The fourth-order valence-corrected chi connectivity index (χ4v) is 6.07. The highest BCUT2D eigenvalue weighted by Gasteiger charge is 2.25. The molecule has 0 aliphatic heterocycles. The van der Waals surface area contributed by atoms with Gasteiger partial charge in [0.05, 0.1) is 20.6 Å². The number of aromatic hydroxyl groups is 1. The maximum absolute atomic E-state index is 12.8. The number of aromatic nitrogens is 1. The minimum Gasteiger partial charge on any atom is -0.491 e. The molecule has 2 N–H and O–H groups in total. The molecule has 0 amide bonds. The van der Waals surface area contributed by atoms with Crippen LogP contribution in [0.15, 0.2) is 56.6 Å². The molecule has 202 valence electrons. The van der Waals surface area contributed by atoms with Crippen molar-refractivity contribution < 1.29 is 17.9 Å². The fraction of sp³-hybridized carbons (Fsp3) is 0.444. The first-order valence-corrected chi connectivity index (χ1v) is 15.0. The van der Waals surface area contributed by atoms with Crippen LogP contribution in [-0.4, -0.2) is 24.6 Å². The quantitative estimate of drug-likeness (QED) is 0.187. The number of unbranched alkanes of at least 4 members (excludes halogenated alkanes) is 9. The molecule has 0 saturated carbocycles. The summed E-state index contributed by atoms with van der Waals surface area (Å²) in [4.78, 5) is 12.4. The van der Waals surface area contributed by atoms with Gasteiger partial charge in [0, 0.05) is 12.1 Å². The van der Waals surface area contributed by atoms with Crippen molar-refractivity contribution in [2.24, 2.45) is 0 Å². The van der Waals surface area contributed by atoms with Crippen molar-refractivity contribution in [3.63, 3.8) is 0 Å². The van der Waals surface area contributed by atoms with Crippen LogP contribution in [0.25, 0.3) is 17.0 Å². The van der Waals surface area contributed by atoms with Gasteiger partial charge < -0.3 is 9.52 Å². The van der Waals surface area contributed by atoms with E-state index in [-0.39, 0.29) is 26.4 Å². The van der Waals surface area contributed by atoms with Crippen molar-refractivity contribution in [3.8, 4) is 22.9 Å². The van der Waals surface area contributed by atoms with Crippen LogP contribution in [0.4, 0.5) is 0 Å². The minimum absolute atomic E-state index is 0.0485. The molecule has 2 aromatic carbocycles. The van der Waals surface area contributed by atoms with Gasteiger partial charge in [-0.05, 0) is 18.6 Å². The summed E-state index contributed by atoms with van der Waals surface area (Å²) in [6.45, 7) is 2.52. The maximum Gasteiger partial charge on any atom is 0.427 e. The van der Waals surface area contributed by atoms with Crippen molar-refractivity contribution >= 4 is 33.2 Å². The molecule has 7 nitrogen and oxygen atoms in total. The van der Waals surface area contributed by atoms with Gasteiger partial charge in [-0.2, -0.15) is 0 Å². The minimum atomic E-state index is -3.86. The molecule has 0 aliphatic rings. The lowest BCUT2D eigenvalue weighted by atomic mass is 10.1. The number of oxazole rings is 1. The van der Waals surface area contributed by atoms with Crippen LogP contribution < -0.4 is 10.5 Å². The van der Waals surface area contributed by atoms with E-state index in [1.165, 1.54) is 50.7 Å². The molecule has 0 saturated heterocycles. The van der Waals surface area contributed by atoms with Crippen molar-refractivity contribution in [1.82, 2.24) is 9.29 Å². The Hall–Kier alpha value is -2.26. The average molecular weight is 570 g/mol. The highest BCUT2D eigenvalue weighted by Crippen LogP contribution is 2.37. The second-order valence-electron chi connectivity index (χ2n) is 9.04. The summed E-state index contributed by atoms with van der Waals surface area (Å²) in [5.41, 5.74) is 0.420. The van der Waals surface area contributed by atoms with Crippen LogP contribution in [0.1, 0.15) is 71.1 Å². The summed E-state index contributed by atoms with van der Waals surface area (Å²) in [5, 5.41) is 10.4. The summed E-state index contributed by atoms with van der Waals surface area (Å²) in [7, 11) is -3.86. The standard InChI is InChI=1S/C27H34Cl2N2O5S/c1-2-3-4-5-6-7-8-9-10-14-17-30-37(34,35)21-18-22(28)24(23(29)19-21)31-26(32)25(36-27(31)33)20-15-12-11-13-16-20/h11-13,15-16,18-19,30,32H,2-10,14,17H2,1H3. The molecule has 3 aromatic rings. The summed E-state index contributed by atoms with van der Waals surface area (Å²) in [5.74, 6) is -1.45. The second kappa shape index (κ2) is 14.0. The van der Waals surface area contributed by atoms with Gasteiger partial charge in [-0.15, -0.1) is 0 Å². The van der Waals surface area contributed by atoms with Gasteiger partial charge >= 0.3 is 5.76 Å². The first kappa shape index (κ1) is 29.3. The predicted molar refractivity (Wildman–Crippen MR) is 148 cm³/mol. The normalized spacial score (nSPS) is 11.8. The number of nitrogens with zero attached hydrogens (tertiary/aromatic N) is 1. The Morgan fingerprint density at radius 2 is 1.43 bits per heavy atom. The fourth-order valence-electron chi connectivity index (χ4n) is 4.15. The van der Waals surface area contributed by atoms with E-state index in [1.807, 2.05) is 0 Å². The van der Waals surface area contributed by atoms with E-state index >= 15 is 0 Å². The monoisotopic (exact) mass is 568 g/mol. The Bertz CT molecular complexity index is 1300. The van der Waals surface area contributed by atoms with Crippen molar-refractivity contribution in [3.05, 3.63) is 63.1 Å². The van der Waals surface area contributed by atoms with E-state index in [2.05, 4.69) is 11.6 Å². The molecule has 1 aromatic heterocycles. The topological polar surface area (TPSA) is 102 Å². The first-order valence-electron chi connectivity index (χ1n) is 12.8. The highest BCUT2D eigenvalue weighted by atomic mass is 35.5. The summed E-state index contributed by atoms with van der Waals surface area (Å²) >= 11 is 12.7. The van der Waals surface area contributed by atoms with E-state index < -0.39 is 21.7 Å². The Balaban J connectivity index is 1.61. The largest absolute Gasteiger partial charge is 0.491 e. The Labute approximate surface area is 228 Å². The molecule has 10 heteroatoms. The van der Waals surface area contributed by atoms with Gasteiger partial charge in [0.1, 0.15) is 0 Å². The van der Waals surface area contributed by atoms with Gasteiger partial charge in [0.15, 0.2) is 0 Å². The molecule has 0 bridgehead atoms. The number of benzene rings is 2. The number of hydrogen-bond donors (Lipinski definition) is 2. The van der Waals surface area contributed by atoms with Crippen LogP contribution in [0.5, 0.6) is 5.88 Å². The Kier molecular flexibility index (Phi) is 11.1.